The largest absolute Gasteiger partial charge is 0.501 e. The number of nitrogens with one attached hydrogen (secondary N) is 2. The number of carbonyl (C=O) groups excluding carboxylic acids is 1. The molecule has 1 aliphatic heterocycles. The third kappa shape index (κ3) is 12.0. The average Bonchev–Trinajstić information content (AvgIpc) is 3.27. The molecule has 0 radical (unpaired) electrons. The Hall–Kier alpha value is -4.58. The molecule has 1 saturated heterocycles. The van der Waals surface area contributed by atoms with E-state index in [4.69, 9.17) is 11.6 Å². The van der Waals surface area contributed by atoms with Crippen molar-refractivity contribution in [2.75, 3.05) is 42.7 Å². The fourth-order valence-electron chi connectivity index (χ4n) is 7.32. The summed E-state index contributed by atoms with van der Waals surface area (Å²) in [6.45, 7) is 5.74. The van der Waals surface area contributed by atoms with Gasteiger partial charge in [-0.1, -0.05) is 66.2 Å². The number of nitrogens with zero attached hydrogens (tertiary/aromatic N) is 2. The zero-order valence-electron chi connectivity index (χ0n) is 34.9. The summed E-state index contributed by atoms with van der Waals surface area (Å²) in [5.41, 5.74) is -2.73. The third-order valence-electron chi connectivity index (χ3n) is 11.3. The Morgan fingerprint density at radius 1 is 0.889 bits per heavy atom. The molecule has 0 spiro atoms. The molecule has 6 rings (SSSR count). The van der Waals surface area contributed by atoms with E-state index in [1.807, 2.05) is 109 Å². The van der Waals surface area contributed by atoms with Gasteiger partial charge in [0.25, 0.3) is 25.8 Å². The van der Waals surface area contributed by atoms with Gasteiger partial charge in [-0.3, -0.25) is 4.79 Å². The Morgan fingerprint density at radius 3 is 2.16 bits per heavy atom. The van der Waals surface area contributed by atoms with Gasteiger partial charge < -0.3 is 20.2 Å². The first-order valence-corrected chi connectivity index (χ1v) is 24.7. The molecular formula is C46H50ClF3N4O6S3. The van der Waals surface area contributed by atoms with Crippen molar-refractivity contribution in [3.8, 4) is 11.1 Å². The lowest BCUT2D eigenvalue weighted by Crippen LogP contribution is -2.36. The van der Waals surface area contributed by atoms with Crippen LogP contribution in [0.25, 0.3) is 11.1 Å². The summed E-state index contributed by atoms with van der Waals surface area (Å²) >= 11 is 7.53. The highest BCUT2D eigenvalue weighted by atomic mass is 35.5. The topological polar surface area (TPSA) is 136 Å². The number of hydrogen-bond donors (Lipinski definition) is 3. The van der Waals surface area contributed by atoms with Crippen molar-refractivity contribution < 1.29 is 39.9 Å². The third-order valence-corrected chi connectivity index (χ3v) is 15.5. The van der Waals surface area contributed by atoms with Crippen molar-refractivity contribution in [2.24, 2.45) is 5.92 Å². The second kappa shape index (κ2) is 20.5. The molecule has 10 nitrogen and oxygen atoms in total. The molecule has 3 N–H and O–H groups in total. The van der Waals surface area contributed by atoms with Gasteiger partial charge in [-0.15, -0.1) is 11.8 Å². The molecule has 0 saturated carbocycles. The SMILES string of the molecule is CC(C)N(C)CC[C@H](CSc1ccccc1)Nc1ccc(S(=O)(=O)NC(=O)c2ccc(N3CCC([C@H](O)c4ccccc4-c4ccc(Cl)cc4)CC3)cc2)cc1S(=O)(=O)C(F)(F)F. The summed E-state index contributed by atoms with van der Waals surface area (Å²) in [6, 6.07) is 32.7. The molecule has 2 atom stereocenters. The van der Waals surface area contributed by atoms with Crippen LogP contribution in [-0.2, 0) is 19.9 Å². The number of halogens is 4. The molecule has 0 aliphatic carbocycles. The smallest absolute Gasteiger partial charge is 0.388 e. The average molecular weight is 944 g/mol. The first-order valence-electron chi connectivity index (χ1n) is 20.4. The normalized spacial score (nSPS) is 15.0. The summed E-state index contributed by atoms with van der Waals surface area (Å²) in [5.74, 6) is -0.714. The van der Waals surface area contributed by atoms with Gasteiger partial charge in [-0.25, -0.2) is 21.6 Å². The fourth-order valence-corrected chi connectivity index (χ4v) is 10.5. The van der Waals surface area contributed by atoms with E-state index in [0.29, 0.717) is 55.7 Å². The zero-order valence-corrected chi connectivity index (χ0v) is 38.1. The molecule has 1 aliphatic rings. The molecule has 336 valence electrons. The maximum absolute atomic E-state index is 14.1. The van der Waals surface area contributed by atoms with Crippen LogP contribution in [0.5, 0.6) is 0 Å². The Kier molecular flexibility index (Phi) is 15.6. The molecule has 63 heavy (non-hydrogen) atoms. The zero-order chi connectivity index (χ0) is 45.5. The Balaban J connectivity index is 1.14. The van der Waals surface area contributed by atoms with Crippen molar-refractivity contribution >= 4 is 60.5 Å². The summed E-state index contributed by atoms with van der Waals surface area (Å²) in [5, 5.41) is 15.1. The molecule has 0 unspecified atom stereocenters. The fraction of sp³-hybridized carbons (Fsp3) is 0.326. The molecule has 0 aromatic heterocycles. The molecular weight excluding hydrogens is 893 g/mol. The first kappa shape index (κ1) is 47.9. The maximum atomic E-state index is 14.1. The maximum Gasteiger partial charge on any atom is 0.501 e. The van der Waals surface area contributed by atoms with Gasteiger partial charge in [0.05, 0.1) is 16.7 Å². The quantitative estimate of drug-likeness (QED) is 0.0774. The number of amides is 1. The van der Waals surface area contributed by atoms with Crippen molar-refractivity contribution in [1.29, 1.82) is 0 Å². The van der Waals surface area contributed by atoms with E-state index >= 15 is 0 Å². The number of anilines is 2. The van der Waals surface area contributed by atoms with E-state index in [0.717, 1.165) is 39.4 Å². The highest BCUT2D eigenvalue weighted by Crippen LogP contribution is 2.39. The van der Waals surface area contributed by atoms with E-state index in [9.17, 15) is 39.9 Å². The summed E-state index contributed by atoms with van der Waals surface area (Å²) < 4.78 is 97.3. The van der Waals surface area contributed by atoms with Crippen LogP contribution < -0.4 is 14.9 Å². The van der Waals surface area contributed by atoms with Crippen LogP contribution in [0.4, 0.5) is 24.5 Å². The predicted molar refractivity (Wildman–Crippen MR) is 245 cm³/mol. The molecule has 5 aromatic rings. The molecule has 1 amide bonds. The standard InChI is InChI=1S/C46H50ClF3N4O6S3/c1-31(2)53(3)26-25-36(30-61-38-9-5-4-6-10-38)51-42-22-21-39(29-43(42)62(57,58)46(48,49)50)63(59,60)52-45(56)34-15-19-37(20-16-34)54-27-23-33(24-28-54)44(55)41-12-8-7-11-40(41)32-13-17-35(47)18-14-32/h4-22,29,31,33,36,44,51,55H,23-28,30H2,1-3H3,(H,52,56)/t36-,44+/m1/s1. The minimum Gasteiger partial charge on any atom is -0.388 e. The molecule has 1 heterocycles. The number of piperidine rings is 1. The number of sulfone groups is 1. The van der Waals surface area contributed by atoms with E-state index < -0.39 is 58.9 Å². The molecule has 17 heteroatoms. The minimum atomic E-state index is -6.06. The lowest BCUT2D eigenvalue weighted by molar-refractivity contribution is -0.0435. The Morgan fingerprint density at radius 2 is 1.52 bits per heavy atom. The van der Waals surface area contributed by atoms with Crippen LogP contribution in [0.2, 0.25) is 5.02 Å². The van der Waals surface area contributed by atoms with Crippen LogP contribution in [0.1, 0.15) is 55.1 Å². The van der Waals surface area contributed by atoms with Crippen LogP contribution in [0.3, 0.4) is 0 Å². The van der Waals surface area contributed by atoms with Gasteiger partial charge >= 0.3 is 5.51 Å². The van der Waals surface area contributed by atoms with E-state index in [2.05, 4.69) is 10.2 Å². The van der Waals surface area contributed by atoms with E-state index in [1.54, 1.807) is 12.1 Å². The van der Waals surface area contributed by atoms with Crippen molar-refractivity contribution in [2.45, 2.75) is 71.5 Å². The van der Waals surface area contributed by atoms with Gasteiger partial charge in [0.2, 0.25) is 0 Å². The number of sulfonamides is 1. The molecule has 0 bridgehead atoms. The van der Waals surface area contributed by atoms with Crippen molar-refractivity contribution in [3.05, 3.63) is 137 Å². The summed E-state index contributed by atoms with van der Waals surface area (Å²) in [7, 11) is -9.02. The number of thioether (sulfide) groups is 1. The van der Waals surface area contributed by atoms with Crippen molar-refractivity contribution in [3.63, 3.8) is 0 Å². The number of aliphatic hydroxyl groups excluding tert-OH is 1. The number of hydrogen-bond acceptors (Lipinski definition) is 10. The minimum absolute atomic E-state index is 0.0155. The summed E-state index contributed by atoms with van der Waals surface area (Å²) in [6.07, 6.45) is 1.09. The number of rotatable bonds is 17. The second-order valence-corrected chi connectivity index (χ2v) is 20.9. The van der Waals surface area contributed by atoms with Gasteiger partial charge in [0.1, 0.15) is 4.90 Å². The van der Waals surface area contributed by atoms with Gasteiger partial charge in [0, 0.05) is 58.6 Å². The highest BCUT2D eigenvalue weighted by molar-refractivity contribution is 7.99. The number of carbonyl (C=O) groups is 1. The molecule has 1 fully saturated rings. The summed E-state index contributed by atoms with van der Waals surface area (Å²) in [4.78, 5) is 16.2. The first-order chi connectivity index (χ1) is 29.8. The van der Waals surface area contributed by atoms with Crippen molar-refractivity contribution in [1.82, 2.24) is 9.62 Å². The van der Waals surface area contributed by atoms with Crippen LogP contribution in [0, 0.1) is 5.92 Å². The molecule has 5 aromatic carbocycles. The number of benzene rings is 5. The highest BCUT2D eigenvalue weighted by Gasteiger charge is 2.48. The lowest BCUT2D eigenvalue weighted by atomic mass is 9.84. The van der Waals surface area contributed by atoms with Crippen LogP contribution in [0.15, 0.2) is 136 Å². The number of aliphatic hydroxyl groups is 1. The van der Waals surface area contributed by atoms with E-state index in [-0.39, 0.29) is 17.5 Å². The lowest BCUT2D eigenvalue weighted by Gasteiger charge is -2.36. The van der Waals surface area contributed by atoms with E-state index in [1.165, 1.54) is 23.9 Å². The Bertz CT molecular complexity index is 2560. The van der Waals surface area contributed by atoms with Crippen LogP contribution >= 0.6 is 23.4 Å². The Labute approximate surface area is 376 Å². The monoisotopic (exact) mass is 942 g/mol. The van der Waals surface area contributed by atoms with Crippen LogP contribution in [-0.4, -0.2) is 82.8 Å². The number of alkyl halides is 3. The van der Waals surface area contributed by atoms with Gasteiger partial charge in [-0.05, 0) is 129 Å². The predicted octanol–water partition coefficient (Wildman–Crippen LogP) is 9.67. The van der Waals surface area contributed by atoms with Gasteiger partial charge in [-0.2, -0.15) is 13.2 Å². The van der Waals surface area contributed by atoms with Gasteiger partial charge in [0.15, 0.2) is 0 Å². The second-order valence-electron chi connectivity index (χ2n) is 15.8.